The molecule has 0 amide bonds. The van der Waals surface area contributed by atoms with E-state index < -0.39 is 6.10 Å². The number of aromatic hydroxyl groups is 2. The second-order valence-corrected chi connectivity index (χ2v) is 5.43. The molecular formula is C18H22O4. The number of methoxy groups -OCH3 is 1. The fraction of sp³-hybridized carbons (Fsp3) is 0.333. The van der Waals surface area contributed by atoms with Crippen molar-refractivity contribution in [3.05, 3.63) is 52.6 Å². The number of benzene rings is 2. The van der Waals surface area contributed by atoms with Gasteiger partial charge in [-0.15, -0.1) is 0 Å². The van der Waals surface area contributed by atoms with Crippen LogP contribution in [0.1, 0.15) is 34.8 Å². The number of phenolic OH excluding ortho intramolecular Hbond substituents is 2. The molecule has 0 saturated carbocycles. The van der Waals surface area contributed by atoms with Crippen molar-refractivity contribution in [2.45, 2.75) is 32.8 Å². The Bertz CT molecular complexity index is 650. The highest BCUT2D eigenvalue weighted by Crippen LogP contribution is 2.45. The molecule has 0 aliphatic heterocycles. The van der Waals surface area contributed by atoms with Gasteiger partial charge >= 0.3 is 0 Å². The summed E-state index contributed by atoms with van der Waals surface area (Å²) >= 11 is 0. The summed E-state index contributed by atoms with van der Waals surface area (Å²) in [7, 11) is 1.46. The van der Waals surface area contributed by atoms with Crippen LogP contribution in [0.3, 0.4) is 0 Å². The van der Waals surface area contributed by atoms with Crippen LogP contribution in [0, 0.1) is 13.8 Å². The Kier molecular flexibility index (Phi) is 4.93. The first-order valence-corrected chi connectivity index (χ1v) is 7.28. The van der Waals surface area contributed by atoms with E-state index >= 15 is 0 Å². The zero-order chi connectivity index (χ0) is 16.3. The smallest absolute Gasteiger partial charge is 0.135 e. The van der Waals surface area contributed by atoms with Crippen molar-refractivity contribution in [2.24, 2.45) is 0 Å². The van der Waals surface area contributed by atoms with Crippen LogP contribution in [0.15, 0.2) is 30.3 Å². The molecule has 0 aromatic heterocycles. The number of aliphatic hydroxyl groups excluding tert-OH is 1. The maximum atomic E-state index is 10.5. The van der Waals surface area contributed by atoms with E-state index in [-0.39, 0.29) is 11.5 Å². The Hall–Kier alpha value is -2.20. The number of hydrogen-bond acceptors (Lipinski definition) is 4. The summed E-state index contributed by atoms with van der Waals surface area (Å²) in [6, 6.07) is 9.85. The monoisotopic (exact) mass is 302 g/mol. The number of hydrogen-bond donors (Lipinski definition) is 3. The zero-order valence-corrected chi connectivity index (χ0v) is 13.1. The van der Waals surface area contributed by atoms with Gasteiger partial charge in [0.2, 0.25) is 0 Å². The molecule has 0 spiro atoms. The van der Waals surface area contributed by atoms with E-state index in [4.69, 9.17) is 4.74 Å². The third-order valence-electron chi connectivity index (χ3n) is 3.99. The minimum absolute atomic E-state index is 0.00615. The molecule has 0 saturated heterocycles. The zero-order valence-electron chi connectivity index (χ0n) is 13.1. The molecule has 4 nitrogen and oxygen atoms in total. The van der Waals surface area contributed by atoms with Crippen molar-refractivity contribution in [3.8, 4) is 17.2 Å². The highest BCUT2D eigenvalue weighted by atomic mass is 16.5. The molecule has 1 atom stereocenters. The van der Waals surface area contributed by atoms with Gasteiger partial charge in [0.05, 0.1) is 18.8 Å². The molecule has 1 unspecified atom stereocenters. The van der Waals surface area contributed by atoms with Crippen LogP contribution in [-0.4, -0.2) is 22.4 Å². The Morgan fingerprint density at radius 2 is 1.64 bits per heavy atom. The molecule has 0 fully saturated rings. The summed E-state index contributed by atoms with van der Waals surface area (Å²) in [6.45, 7) is 3.32. The average molecular weight is 302 g/mol. The highest BCUT2D eigenvalue weighted by molar-refractivity contribution is 5.61. The molecule has 22 heavy (non-hydrogen) atoms. The topological polar surface area (TPSA) is 69.9 Å². The van der Waals surface area contributed by atoms with Crippen molar-refractivity contribution in [1.29, 1.82) is 0 Å². The first-order chi connectivity index (χ1) is 10.5. The Labute approximate surface area is 130 Å². The lowest BCUT2D eigenvalue weighted by Gasteiger charge is -2.21. The van der Waals surface area contributed by atoms with Gasteiger partial charge in [-0.3, -0.25) is 0 Å². The molecule has 0 heterocycles. The maximum Gasteiger partial charge on any atom is 0.135 e. The Morgan fingerprint density at radius 1 is 1.00 bits per heavy atom. The molecule has 0 bridgehead atoms. The second-order valence-electron chi connectivity index (χ2n) is 5.43. The molecule has 2 aromatic rings. The average Bonchev–Trinajstić information content (AvgIpc) is 2.54. The van der Waals surface area contributed by atoms with Gasteiger partial charge in [-0.2, -0.15) is 0 Å². The standard InChI is InChI=1S/C18H22O4/c1-11-16(20)12(2)18(22-3)15(17(11)21)14(19)10-9-13-7-5-4-6-8-13/h4-8,14,19-21H,9-10H2,1-3H3. The molecule has 2 aromatic carbocycles. The van der Waals surface area contributed by atoms with Crippen LogP contribution in [0.2, 0.25) is 0 Å². The number of aliphatic hydroxyl groups is 1. The summed E-state index contributed by atoms with van der Waals surface area (Å²) in [5.41, 5.74) is 2.33. The maximum absolute atomic E-state index is 10.5. The number of aryl methyl sites for hydroxylation is 1. The molecule has 118 valence electrons. The molecule has 0 aliphatic rings. The van der Waals surface area contributed by atoms with Crippen molar-refractivity contribution in [3.63, 3.8) is 0 Å². The van der Waals surface area contributed by atoms with Gasteiger partial charge in [0.15, 0.2) is 0 Å². The normalized spacial score (nSPS) is 12.2. The van der Waals surface area contributed by atoms with Crippen LogP contribution < -0.4 is 4.74 Å². The number of rotatable bonds is 5. The van der Waals surface area contributed by atoms with Crippen molar-refractivity contribution >= 4 is 0 Å². The van der Waals surface area contributed by atoms with Crippen LogP contribution in [0.25, 0.3) is 0 Å². The lowest BCUT2D eigenvalue weighted by atomic mass is 9.95. The van der Waals surface area contributed by atoms with Crippen LogP contribution in [0.5, 0.6) is 17.2 Å². The summed E-state index contributed by atoms with van der Waals surface area (Å²) in [4.78, 5) is 0. The molecular weight excluding hydrogens is 280 g/mol. The van der Waals surface area contributed by atoms with E-state index in [1.807, 2.05) is 30.3 Å². The molecule has 0 aliphatic carbocycles. The van der Waals surface area contributed by atoms with Gasteiger partial charge < -0.3 is 20.1 Å². The minimum atomic E-state index is -0.867. The van der Waals surface area contributed by atoms with Crippen molar-refractivity contribution < 1.29 is 20.1 Å². The highest BCUT2D eigenvalue weighted by Gasteiger charge is 2.24. The van der Waals surface area contributed by atoms with Gasteiger partial charge in [0, 0.05) is 11.1 Å². The van der Waals surface area contributed by atoms with Crippen LogP contribution >= 0.6 is 0 Å². The predicted octanol–water partition coefficient (Wildman–Crippen LogP) is 3.39. The van der Waals surface area contributed by atoms with E-state index in [2.05, 4.69) is 0 Å². The Balaban J connectivity index is 2.31. The number of ether oxygens (including phenoxy) is 1. The van der Waals surface area contributed by atoms with Crippen molar-refractivity contribution in [1.82, 2.24) is 0 Å². The predicted molar refractivity (Wildman–Crippen MR) is 85.5 cm³/mol. The van der Waals surface area contributed by atoms with Gasteiger partial charge in [-0.1, -0.05) is 30.3 Å². The van der Waals surface area contributed by atoms with Gasteiger partial charge in [-0.25, -0.2) is 0 Å². The van der Waals surface area contributed by atoms with E-state index in [1.54, 1.807) is 13.8 Å². The second kappa shape index (κ2) is 6.71. The first kappa shape index (κ1) is 16.2. The van der Waals surface area contributed by atoms with Gasteiger partial charge in [-0.05, 0) is 32.3 Å². The van der Waals surface area contributed by atoms with Crippen molar-refractivity contribution in [2.75, 3.05) is 7.11 Å². The summed E-state index contributed by atoms with van der Waals surface area (Å²) in [5.74, 6) is 0.218. The number of phenols is 2. The molecule has 2 rings (SSSR count). The molecule has 3 N–H and O–H groups in total. The lowest BCUT2D eigenvalue weighted by Crippen LogP contribution is -2.05. The largest absolute Gasteiger partial charge is 0.507 e. The van der Waals surface area contributed by atoms with E-state index in [0.29, 0.717) is 35.3 Å². The SMILES string of the molecule is COc1c(C)c(O)c(C)c(O)c1C(O)CCc1ccccc1. The summed E-state index contributed by atoms with van der Waals surface area (Å²) < 4.78 is 5.29. The summed E-state index contributed by atoms with van der Waals surface area (Å²) in [5, 5.41) is 30.8. The summed E-state index contributed by atoms with van der Waals surface area (Å²) in [6.07, 6.45) is 0.273. The van der Waals surface area contributed by atoms with E-state index in [9.17, 15) is 15.3 Å². The molecule has 4 heteroatoms. The quantitative estimate of drug-likeness (QED) is 0.792. The Morgan fingerprint density at radius 3 is 2.23 bits per heavy atom. The van der Waals surface area contributed by atoms with E-state index in [0.717, 1.165) is 5.56 Å². The van der Waals surface area contributed by atoms with Crippen LogP contribution in [0.4, 0.5) is 0 Å². The van der Waals surface area contributed by atoms with Crippen LogP contribution in [-0.2, 0) is 6.42 Å². The lowest BCUT2D eigenvalue weighted by molar-refractivity contribution is 0.159. The fourth-order valence-corrected chi connectivity index (χ4v) is 2.68. The minimum Gasteiger partial charge on any atom is -0.507 e. The van der Waals surface area contributed by atoms with Gasteiger partial charge in [0.25, 0.3) is 0 Å². The fourth-order valence-electron chi connectivity index (χ4n) is 2.68. The first-order valence-electron chi connectivity index (χ1n) is 7.28. The van der Waals surface area contributed by atoms with Gasteiger partial charge in [0.1, 0.15) is 17.2 Å². The third-order valence-corrected chi connectivity index (χ3v) is 3.99. The van der Waals surface area contributed by atoms with E-state index in [1.165, 1.54) is 7.11 Å². The molecule has 0 radical (unpaired) electrons. The third kappa shape index (κ3) is 3.02.